The van der Waals surface area contributed by atoms with Gasteiger partial charge in [0.05, 0.1) is 11.2 Å². The van der Waals surface area contributed by atoms with Crippen molar-refractivity contribution in [3.05, 3.63) is 36.0 Å². The van der Waals surface area contributed by atoms with Gasteiger partial charge in [0.2, 0.25) is 0 Å². The SMILES string of the molecule is Cn1cc2cc(-c3cc(C(F)(F)F)c(N)nn3)ccc2n1. The van der Waals surface area contributed by atoms with Crippen molar-refractivity contribution in [3.63, 3.8) is 0 Å². The van der Waals surface area contributed by atoms with Gasteiger partial charge < -0.3 is 5.73 Å². The van der Waals surface area contributed by atoms with Gasteiger partial charge in [0.25, 0.3) is 0 Å². The van der Waals surface area contributed by atoms with E-state index >= 15 is 0 Å². The first-order valence-electron chi connectivity index (χ1n) is 5.99. The van der Waals surface area contributed by atoms with E-state index in [1.165, 1.54) is 0 Å². The lowest BCUT2D eigenvalue weighted by molar-refractivity contribution is -0.137. The number of nitrogens with two attached hydrogens (primary N) is 1. The topological polar surface area (TPSA) is 69.6 Å². The smallest absolute Gasteiger partial charge is 0.382 e. The van der Waals surface area contributed by atoms with E-state index in [0.717, 1.165) is 17.0 Å². The second-order valence-electron chi connectivity index (χ2n) is 4.60. The van der Waals surface area contributed by atoms with Gasteiger partial charge in [-0.1, -0.05) is 6.07 Å². The van der Waals surface area contributed by atoms with Crippen molar-refractivity contribution in [2.75, 3.05) is 5.73 Å². The Labute approximate surface area is 117 Å². The van der Waals surface area contributed by atoms with Crippen LogP contribution in [0.4, 0.5) is 19.0 Å². The van der Waals surface area contributed by atoms with Gasteiger partial charge in [-0.25, -0.2) is 0 Å². The highest BCUT2D eigenvalue weighted by Crippen LogP contribution is 2.34. The number of aryl methyl sites for hydroxylation is 1. The largest absolute Gasteiger partial charge is 0.420 e. The molecule has 0 saturated heterocycles. The summed E-state index contributed by atoms with van der Waals surface area (Å²) in [6, 6.07) is 5.98. The number of hydrogen-bond acceptors (Lipinski definition) is 4. The molecule has 2 heterocycles. The van der Waals surface area contributed by atoms with E-state index < -0.39 is 17.6 Å². The van der Waals surface area contributed by atoms with Crippen LogP contribution in [0.25, 0.3) is 22.2 Å². The molecular formula is C13H10F3N5. The van der Waals surface area contributed by atoms with E-state index in [1.54, 1.807) is 36.1 Å². The van der Waals surface area contributed by atoms with Crippen molar-refractivity contribution < 1.29 is 13.2 Å². The fourth-order valence-corrected chi connectivity index (χ4v) is 2.08. The minimum absolute atomic E-state index is 0.113. The summed E-state index contributed by atoms with van der Waals surface area (Å²) in [5, 5.41) is 12.1. The van der Waals surface area contributed by atoms with Crippen LogP contribution in [-0.2, 0) is 13.2 Å². The predicted molar refractivity (Wildman–Crippen MR) is 71.2 cm³/mol. The molecule has 0 amide bonds. The van der Waals surface area contributed by atoms with Gasteiger partial charge in [-0.15, -0.1) is 10.2 Å². The third-order valence-electron chi connectivity index (χ3n) is 3.04. The van der Waals surface area contributed by atoms with Crippen LogP contribution < -0.4 is 5.73 Å². The molecule has 0 fully saturated rings. The lowest BCUT2D eigenvalue weighted by Gasteiger charge is -2.10. The van der Waals surface area contributed by atoms with Gasteiger partial charge in [-0.05, 0) is 18.2 Å². The van der Waals surface area contributed by atoms with E-state index in [0.29, 0.717) is 5.56 Å². The zero-order valence-electron chi connectivity index (χ0n) is 10.9. The maximum atomic E-state index is 12.8. The highest BCUT2D eigenvalue weighted by molar-refractivity contribution is 5.83. The van der Waals surface area contributed by atoms with Crippen LogP contribution in [0.15, 0.2) is 30.5 Å². The number of benzene rings is 1. The van der Waals surface area contributed by atoms with Gasteiger partial charge in [0, 0.05) is 24.2 Å². The van der Waals surface area contributed by atoms with Crippen LogP contribution in [0.1, 0.15) is 5.56 Å². The molecule has 108 valence electrons. The van der Waals surface area contributed by atoms with E-state index in [9.17, 15) is 13.2 Å². The second-order valence-corrected chi connectivity index (χ2v) is 4.60. The first kappa shape index (κ1) is 13.3. The number of halogens is 3. The van der Waals surface area contributed by atoms with Crippen LogP contribution in [-0.4, -0.2) is 20.0 Å². The van der Waals surface area contributed by atoms with Crippen molar-refractivity contribution in [2.24, 2.45) is 7.05 Å². The molecule has 0 aliphatic carbocycles. The molecule has 0 radical (unpaired) electrons. The lowest BCUT2D eigenvalue weighted by atomic mass is 10.1. The number of nitrogens with zero attached hydrogens (tertiary/aromatic N) is 4. The number of anilines is 1. The maximum absolute atomic E-state index is 12.8. The highest BCUT2D eigenvalue weighted by atomic mass is 19.4. The quantitative estimate of drug-likeness (QED) is 0.748. The zero-order valence-corrected chi connectivity index (χ0v) is 10.9. The van der Waals surface area contributed by atoms with Gasteiger partial charge in [-0.3, -0.25) is 4.68 Å². The Morgan fingerprint density at radius 2 is 1.90 bits per heavy atom. The fraction of sp³-hybridized carbons (Fsp3) is 0.154. The molecule has 0 saturated carbocycles. The molecule has 1 aromatic carbocycles. The maximum Gasteiger partial charge on any atom is 0.420 e. The van der Waals surface area contributed by atoms with Gasteiger partial charge >= 0.3 is 6.18 Å². The Balaban J connectivity index is 2.13. The van der Waals surface area contributed by atoms with E-state index in [-0.39, 0.29) is 5.69 Å². The third kappa shape index (κ3) is 2.39. The average Bonchev–Trinajstić information content (AvgIpc) is 2.77. The number of fused-ring (bicyclic) bond motifs is 1. The summed E-state index contributed by atoms with van der Waals surface area (Å²) in [7, 11) is 1.77. The molecule has 2 N–H and O–H groups in total. The summed E-state index contributed by atoms with van der Waals surface area (Å²) in [4.78, 5) is 0. The van der Waals surface area contributed by atoms with Gasteiger partial charge in [0.1, 0.15) is 5.56 Å². The van der Waals surface area contributed by atoms with Crippen LogP contribution >= 0.6 is 0 Å². The summed E-state index contributed by atoms with van der Waals surface area (Å²) in [6.45, 7) is 0. The molecule has 0 aliphatic heterocycles. The van der Waals surface area contributed by atoms with Crippen LogP contribution in [0, 0.1) is 0 Å². The summed E-state index contributed by atoms with van der Waals surface area (Å²) in [5.74, 6) is -0.631. The van der Waals surface area contributed by atoms with Gasteiger partial charge in [0.15, 0.2) is 5.82 Å². The van der Waals surface area contributed by atoms with Crippen molar-refractivity contribution >= 4 is 16.7 Å². The molecule has 0 unspecified atom stereocenters. The molecule has 8 heteroatoms. The van der Waals surface area contributed by atoms with Crippen LogP contribution in [0.3, 0.4) is 0 Å². The van der Waals surface area contributed by atoms with E-state index in [1.807, 2.05) is 0 Å². The summed E-state index contributed by atoms with van der Waals surface area (Å²) >= 11 is 0. The molecule has 21 heavy (non-hydrogen) atoms. The van der Waals surface area contributed by atoms with E-state index in [2.05, 4.69) is 15.3 Å². The standard InChI is InChI=1S/C13H10F3N5/c1-21-6-8-4-7(2-3-10(8)20-21)11-5-9(13(14,15)16)12(17)19-18-11/h2-6H,1H3,(H2,17,19). The van der Waals surface area contributed by atoms with Crippen molar-refractivity contribution in [1.29, 1.82) is 0 Å². The molecule has 3 rings (SSSR count). The number of hydrogen-bond donors (Lipinski definition) is 1. The fourth-order valence-electron chi connectivity index (χ4n) is 2.08. The molecule has 2 aromatic heterocycles. The second kappa shape index (κ2) is 4.44. The molecule has 0 spiro atoms. The normalized spacial score (nSPS) is 12.0. The molecule has 0 atom stereocenters. The highest BCUT2D eigenvalue weighted by Gasteiger charge is 2.34. The number of alkyl halides is 3. The number of nitrogen functional groups attached to an aromatic ring is 1. The summed E-state index contributed by atoms with van der Waals surface area (Å²) in [6.07, 6.45) is -2.79. The minimum Gasteiger partial charge on any atom is -0.382 e. The van der Waals surface area contributed by atoms with Crippen molar-refractivity contribution in [3.8, 4) is 11.3 Å². The van der Waals surface area contributed by atoms with E-state index in [4.69, 9.17) is 5.73 Å². The van der Waals surface area contributed by atoms with Crippen LogP contribution in [0.5, 0.6) is 0 Å². The summed E-state index contributed by atoms with van der Waals surface area (Å²) in [5.41, 5.74) is 5.64. The molecule has 0 aliphatic rings. The first-order valence-corrected chi connectivity index (χ1v) is 5.99. The minimum atomic E-state index is -4.56. The van der Waals surface area contributed by atoms with Crippen molar-refractivity contribution in [1.82, 2.24) is 20.0 Å². The monoisotopic (exact) mass is 293 g/mol. The molecule has 3 aromatic rings. The Bertz CT molecular complexity index is 822. The van der Waals surface area contributed by atoms with Crippen LogP contribution in [0.2, 0.25) is 0 Å². The lowest BCUT2D eigenvalue weighted by Crippen LogP contribution is -2.11. The number of rotatable bonds is 1. The molecule has 5 nitrogen and oxygen atoms in total. The Kier molecular flexibility index (Phi) is 2.82. The average molecular weight is 293 g/mol. The predicted octanol–water partition coefficient (Wildman–Crippen LogP) is 2.63. The Hall–Kier alpha value is -2.64. The van der Waals surface area contributed by atoms with Gasteiger partial charge in [-0.2, -0.15) is 18.3 Å². The third-order valence-corrected chi connectivity index (χ3v) is 3.04. The zero-order chi connectivity index (χ0) is 15.2. The molecular weight excluding hydrogens is 283 g/mol. The summed E-state index contributed by atoms with van der Waals surface area (Å²) < 4.78 is 40.1. The molecule has 0 bridgehead atoms. The first-order chi connectivity index (χ1) is 9.84. The number of aromatic nitrogens is 4. The van der Waals surface area contributed by atoms with Crippen molar-refractivity contribution in [2.45, 2.75) is 6.18 Å². The Morgan fingerprint density at radius 1 is 1.14 bits per heavy atom. The Morgan fingerprint density at radius 3 is 2.62 bits per heavy atom.